The lowest BCUT2D eigenvalue weighted by molar-refractivity contribution is -0.122. The molecule has 2 aromatic rings. The minimum atomic E-state index is -0.0643. The van der Waals surface area contributed by atoms with Crippen LogP contribution in [0.3, 0.4) is 0 Å². The van der Waals surface area contributed by atoms with Crippen molar-refractivity contribution in [3.8, 4) is 0 Å². The van der Waals surface area contributed by atoms with Crippen molar-refractivity contribution in [2.24, 2.45) is 0 Å². The number of nitrogens with one attached hydrogen (secondary N) is 2. The van der Waals surface area contributed by atoms with Crippen molar-refractivity contribution in [1.82, 2.24) is 20.1 Å². The minimum absolute atomic E-state index is 0.0338. The number of carbonyl (C=O) groups excluding carboxylic acids is 3. The molecule has 1 aromatic heterocycles. The van der Waals surface area contributed by atoms with E-state index in [0.717, 1.165) is 50.8 Å². The standard InChI is InChI=1S/C24H30N4O3/c29-22(9-8-18-6-2-1-3-7-18)26-20-10-14-28(15-11-20)23(30)19-16-21(25-17-19)24(31)27-12-4-5-13-27/h1-3,6-7,16-17,20,25H,4-5,8-15H2,(H,26,29). The average Bonchev–Trinajstić information content (AvgIpc) is 3.51. The third kappa shape index (κ3) is 5.34. The van der Waals surface area contributed by atoms with Crippen molar-refractivity contribution in [2.45, 2.75) is 44.6 Å². The molecule has 0 atom stereocenters. The Kier molecular flexibility index (Phi) is 6.70. The number of nitrogens with zero attached hydrogens (tertiary/aromatic N) is 2. The third-order valence-corrected chi connectivity index (χ3v) is 6.18. The first-order valence-corrected chi connectivity index (χ1v) is 11.2. The van der Waals surface area contributed by atoms with Crippen LogP contribution in [0.1, 0.15) is 58.5 Å². The molecular weight excluding hydrogens is 392 g/mol. The number of aromatic nitrogens is 1. The van der Waals surface area contributed by atoms with Gasteiger partial charge in [-0.25, -0.2) is 0 Å². The van der Waals surface area contributed by atoms with Crippen molar-refractivity contribution in [3.05, 3.63) is 59.4 Å². The Hall–Kier alpha value is -3.09. The molecule has 3 amide bonds. The van der Waals surface area contributed by atoms with E-state index in [9.17, 15) is 14.4 Å². The smallest absolute Gasteiger partial charge is 0.270 e. The number of piperidine rings is 1. The van der Waals surface area contributed by atoms with Crippen molar-refractivity contribution < 1.29 is 14.4 Å². The van der Waals surface area contributed by atoms with Gasteiger partial charge in [-0.05, 0) is 43.7 Å². The van der Waals surface area contributed by atoms with Crippen LogP contribution in [-0.2, 0) is 11.2 Å². The SMILES string of the molecule is O=C(CCc1ccccc1)NC1CCN(C(=O)c2c[nH]c(C(=O)N3CCCC3)c2)CC1. The van der Waals surface area contributed by atoms with Gasteiger partial charge in [0.05, 0.1) is 5.56 Å². The zero-order valence-electron chi connectivity index (χ0n) is 17.8. The first-order valence-electron chi connectivity index (χ1n) is 11.2. The summed E-state index contributed by atoms with van der Waals surface area (Å²) < 4.78 is 0. The maximum absolute atomic E-state index is 12.8. The Labute approximate surface area is 182 Å². The molecule has 2 aliphatic heterocycles. The summed E-state index contributed by atoms with van der Waals surface area (Å²) in [7, 11) is 0. The van der Waals surface area contributed by atoms with Gasteiger partial charge in [-0.15, -0.1) is 0 Å². The highest BCUT2D eigenvalue weighted by Crippen LogP contribution is 2.17. The summed E-state index contributed by atoms with van der Waals surface area (Å²) in [6.45, 7) is 2.77. The van der Waals surface area contributed by atoms with Crippen LogP contribution < -0.4 is 5.32 Å². The lowest BCUT2D eigenvalue weighted by Crippen LogP contribution is -2.46. The second-order valence-electron chi connectivity index (χ2n) is 8.42. The topological polar surface area (TPSA) is 85.5 Å². The average molecular weight is 423 g/mol. The second-order valence-corrected chi connectivity index (χ2v) is 8.42. The molecule has 1 aromatic carbocycles. The van der Waals surface area contributed by atoms with E-state index in [2.05, 4.69) is 10.3 Å². The minimum Gasteiger partial charge on any atom is -0.356 e. The van der Waals surface area contributed by atoms with Gasteiger partial charge in [-0.2, -0.15) is 0 Å². The molecule has 2 aliphatic rings. The maximum atomic E-state index is 12.8. The number of carbonyl (C=O) groups is 3. The summed E-state index contributed by atoms with van der Waals surface area (Å²) in [5.74, 6) is -0.0385. The summed E-state index contributed by atoms with van der Waals surface area (Å²) in [6, 6.07) is 11.8. The molecule has 0 radical (unpaired) electrons. The van der Waals surface area contributed by atoms with Crippen molar-refractivity contribution >= 4 is 17.7 Å². The lowest BCUT2D eigenvalue weighted by atomic mass is 10.0. The number of hydrogen-bond donors (Lipinski definition) is 2. The molecule has 7 heteroatoms. The summed E-state index contributed by atoms with van der Waals surface area (Å²) in [4.78, 5) is 44.2. The van der Waals surface area contributed by atoms with Gasteiger partial charge >= 0.3 is 0 Å². The fourth-order valence-electron chi connectivity index (χ4n) is 4.34. The fraction of sp³-hybridized carbons (Fsp3) is 0.458. The Bertz CT molecular complexity index is 910. The van der Waals surface area contributed by atoms with Gasteiger partial charge in [0.2, 0.25) is 5.91 Å². The van der Waals surface area contributed by atoms with Crippen molar-refractivity contribution in [3.63, 3.8) is 0 Å². The van der Waals surface area contributed by atoms with Gasteiger partial charge in [-0.1, -0.05) is 30.3 Å². The number of rotatable bonds is 6. The molecular formula is C24H30N4O3. The Morgan fingerprint density at radius 3 is 2.32 bits per heavy atom. The van der Waals surface area contributed by atoms with Gasteiger partial charge in [0.25, 0.3) is 11.8 Å². The molecule has 164 valence electrons. The summed E-state index contributed by atoms with van der Waals surface area (Å²) in [6.07, 6.45) is 6.39. The molecule has 4 rings (SSSR count). The number of likely N-dealkylation sites (tertiary alicyclic amines) is 2. The number of amides is 3. The van der Waals surface area contributed by atoms with E-state index in [4.69, 9.17) is 0 Å². The van der Waals surface area contributed by atoms with E-state index < -0.39 is 0 Å². The summed E-state index contributed by atoms with van der Waals surface area (Å²) in [5, 5.41) is 3.11. The van der Waals surface area contributed by atoms with E-state index >= 15 is 0 Å². The molecule has 3 heterocycles. The number of benzene rings is 1. The molecule has 7 nitrogen and oxygen atoms in total. The monoisotopic (exact) mass is 422 g/mol. The first-order chi connectivity index (χ1) is 15.1. The van der Waals surface area contributed by atoms with Gasteiger partial charge < -0.3 is 20.1 Å². The molecule has 0 spiro atoms. The predicted octanol–water partition coefficient (Wildman–Crippen LogP) is 2.60. The van der Waals surface area contributed by atoms with E-state index in [1.165, 1.54) is 0 Å². The molecule has 0 saturated carbocycles. The van der Waals surface area contributed by atoms with Gasteiger partial charge in [-0.3, -0.25) is 14.4 Å². The van der Waals surface area contributed by atoms with Crippen LogP contribution in [0.4, 0.5) is 0 Å². The van der Waals surface area contributed by atoms with Gasteiger partial charge in [0.15, 0.2) is 0 Å². The number of hydrogen-bond acceptors (Lipinski definition) is 3. The lowest BCUT2D eigenvalue weighted by Gasteiger charge is -2.32. The number of aromatic amines is 1. The number of aryl methyl sites for hydroxylation is 1. The number of H-pyrrole nitrogens is 1. The van der Waals surface area contributed by atoms with E-state index in [1.807, 2.05) is 35.2 Å². The molecule has 2 N–H and O–H groups in total. The van der Waals surface area contributed by atoms with Crippen LogP contribution in [0.25, 0.3) is 0 Å². The van der Waals surface area contributed by atoms with Gasteiger partial charge in [0, 0.05) is 44.8 Å². The van der Waals surface area contributed by atoms with Crippen molar-refractivity contribution in [1.29, 1.82) is 0 Å². The summed E-state index contributed by atoms with van der Waals surface area (Å²) >= 11 is 0. The third-order valence-electron chi connectivity index (χ3n) is 6.18. The zero-order chi connectivity index (χ0) is 21.6. The largest absolute Gasteiger partial charge is 0.356 e. The molecule has 2 fully saturated rings. The van der Waals surface area contributed by atoms with E-state index in [-0.39, 0.29) is 23.8 Å². The van der Waals surface area contributed by atoms with Crippen LogP contribution in [0.2, 0.25) is 0 Å². The van der Waals surface area contributed by atoms with Crippen molar-refractivity contribution in [2.75, 3.05) is 26.2 Å². The Morgan fingerprint density at radius 2 is 1.61 bits per heavy atom. The van der Waals surface area contributed by atoms with E-state index in [1.54, 1.807) is 17.2 Å². The van der Waals surface area contributed by atoms with Crippen LogP contribution in [0.15, 0.2) is 42.6 Å². The Balaban J connectivity index is 1.22. The highest BCUT2D eigenvalue weighted by atomic mass is 16.2. The van der Waals surface area contributed by atoms with E-state index in [0.29, 0.717) is 30.8 Å². The first kappa shape index (κ1) is 21.2. The predicted molar refractivity (Wildman–Crippen MR) is 118 cm³/mol. The summed E-state index contributed by atoms with van der Waals surface area (Å²) in [5.41, 5.74) is 2.16. The van der Waals surface area contributed by atoms with Crippen LogP contribution >= 0.6 is 0 Å². The highest BCUT2D eigenvalue weighted by Gasteiger charge is 2.27. The maximum Gasteiger partial charge on any atom is 0.270 e. The van der Waals surface area contributed by atoms with Gasteiger partial charge in [0.1, 0.15) is 5.69 Å². The molecule has 0 unspecified atom stereocenters. The fourth-order valence-corrected chi connectivity index (χ4v) is 4.34. The van der Waals surface area contributed by atoms with Crippen LogP contribution in [0, 0.1) is 0 Å². The Morgan fingerprint density at radius 1 is 0.935 bits per heavy atom. The highest BCUT2D eigenvalue weighted by molar-refractivity contribution is 5.99. The molecule has 2 saturated heterocycles. The quantitative estimate of drug-likeness (QED) is 0.750. The molecule has 0 bridgehead atoms. The van der Waals surface area contributed by atoms with Crippen LogP contribution in [-0.4, -0.2) is 64.7 Å². The second kappa shape index (κ2) is 9.81. The zero-order valence-corrected chi connectivity index (χ0v) is 17.8. The normalized spacial score (nSPS) is 17.0. The molecule has 31 heavy (non-hydrogen) atoms. The molecule has 0 aliphatic carbocycles. The van der Waals surface area contributed by atoms with Crippen LogP contribution in [0.5, 0.6) is 0 Å².